The summed E-state index contributed by atoms with van der Waals surface area (Å²) in [6.07, 6.45) is 3.97. The van der Waals surface area contributed by atoms with Gasteiger partial charge in [0.1, 0.15) is 0 Å². The molecule has 28 heavy (non-hydrogen) atoms. The topological polar surface area (TPSA) is 64.2 Å². The Labute approximate surface area is 165 Å². The van der Waals surface area contributed by atoms with Crippen molar-refractivity contribution in [1.82, 2.24) is 19.8 Å². The molecular weight excluding hydrogens is 352 g/mol. The molecule has 2 aromatic heterocycles. The van der Waals surface area contributed by atoms with E-state index in [0.717, 1.165) is 65.1 Å². The summed E-state index contributed by atoms with van der Waals surface area (Å²) in [4.78, 5) is 14.7. The zero-order valence-electron chi connectivity index (χ0n) is 17.0. The van der Waals surface area contributed by atoms with Gasteiger partial charge in [-0.25, -0.2) is 4.68 Å². The molecular formula is C22H26N4O2. The number of amides is 1. The van der Waals surface area contributed by atoms with Gasteiger partial charge in [0.2, 0.25) is 5.76 Å². The summed E-state index contributed by atoms with van der Waals surface area (Å²) in [5.41, 5.74) is 7.21. The molecule has 6 nitrogen and oxygen atoms in total. The lowest BCUT2D eigenvalue weighted by atomic mass is 9.96. The van der Waals surface area contributed by atoms with Crippen molar-refractivity contribution in [3.8, 4) is 5.69 Å². The Morgan fingerprint density at radius 2 is 1.93 bits per heavy atom. The van der Waals surface area contributed by atoms with Crippen molar-refractivity contribution in [1.29, 1.82) is 0 Å². The standard InChI is InChI=1S/C22H26N4O2/c1-14-9-5-8-12-20(14)26-16(3)18(15(2)23-26)13-25(4)22(27)21-17-10-6-7-11-19(17)24-28-21/h5,8-9,12H,6-7,10-11,13H2,1-4H3. The van der Waals surface area contributed by atoms with Crippen molar-refractivity contribution in [3.63, 3.8) is 0 Å². The molecule has 1 amide bonds. The van der Waals surface area contributed by atoms with Gasteiger partial charge in [-0.1, -0.05) is 23.4 Å². The number of aromatic nitrogens is 3. The van der Waals surface area contributed by atoms with Crippen LogP contribution in [-0.4, -0.2) is 32.8 Å². The Balaban J connectivity index is 1.60. The maximum atomic E-state index is 13.0. The molecule has 4 rings (SSSR count). The second-order valence-corrected chi connectivity index (χ2v) is 7.65. The number of fused-ring (bicyclic) bond motifs is 1. The fraction of sp³-hybridized carbons (Fsp3) is 0.409. The molecule has 0 atom stereocenters. The molecule has 0 saturated heterocycles. The Kier molecular flexibility index (Phi) is 4.79. The highest BCUT2D eigenvalue weighted by atomic mass is 16.5. The molecule has 0 bridgehead atoms. The third-order valence-electron chi connectivity index (χ3n) is 5.68. The minimum atomic E-state index is -0.113. The molecule has 0 N–H and O–H groups in total. The van der Waals surface area contributed by atoms with E-state index in [1.807, 2.05) is 30.8 Å². The van der Waals surface area contributed by atoms with Crippen LogP contribution in [-0.2, 0) is 19.4 Å². The maximum absolute atomic E-state index is 13.0. The van der Waals surface area contributed by atoms with Gasteiger partial charge in [-0.05, 0) is 58.1 Å². The van der Waals surface area contributed by atoms with E-state index >= 15 is 0 Å². The number of rotatable bonds is 4. The predicted octanol–water partition coefficient (Wildman–Crippen LogP) is 3.94. The van der Waals surface area contributed by atoms with Crippen LogP contribution < -0.4 is 0 Å². The van der Waals surface area contributed by atoms with Crippen molar-refractivity contribution in [2.24, 2.45) is 0 Å². The predicted molar refractivity (Wildman–Crippen MR) is 107 cm³/mol. The number of para-hydroxylation sites is 1. The Bertz CT molecular complexity index is 1030. The highest BCUT2D eigenvalue weighted by Gasteiger charge is 2.27. The van der Waals surface area contributed by atoms with Crippen LogP contribution in [0.1, 0.15) is 57.2 Å². The van der Waals surface area contributed by atoms with E-state index in [-0.39, 0.29) is 5.91 Å². The molecule has 6 heteroatoms. The van der Waals surface area contributed by atoms with E-state index in [0.29, 0.717) is 12.3 Å². The van der Waals surface area contributed by atoms with E-state index in [2.05, 4.69) is 31.1 Å². The summed E-state index contributed by atoms with van der Waals surface area (Å²) >= 11 is 0. The maximum Gasteiger partial charge on any atom is 0.292 e. The number of carbonyl (C=O) groups excluding carboxylic acids is 1. The first-order chi connectivity index (χ1) is 13.5. The number of nitrogens with zero attached hydrogens (tertiary/aromatic N) is 4. The molecule has 0 radical (unpaired) electrons. The third-order valence-corrected chi connectivity index (χ3v) is 5.68. The number of aryl methyl sites for hydroxylation is 3. The van der Waals surface area contributed by atoms with Crippen LogP contribution in [0.3, 0.4) is 0 Å². The number of hydrogen-bond donors (Lipinski definition) is 0. The fourth-order valence-electron chi connectivity index (χ4n) is 3.98. The Morgan fingerprint density at radius 3 is 2.71 bits per heavy atom. The minimum absolute atomic E-state index is 0.113. The van der Waals surface area contributed by atoms with Gasteiger partial charge in [-0.3, -0.25) is 4.79 Å². The molecule has 0 unspecified atom stereocenters. The molecule has 146 valence electrons. The van der Waals surface area contributed by atoms with Gasteiger partial charge in [0.15, 0.2) is 0 Å². The van der Waals surface area contributed by atoms with Crippen LogP contribution in [0.25, 0.3) is 5.69 Å². The van der Waals surface area contributed by atoms with Gasteiger partial charge in [0.05, 0.1) is 17.1 Å². The van der Waals surface area contributed by atoms with Gasteiger partial charge in [-0.15, -0.1) is 0 Å². The van der Waals surface area contributed by atoms with Gasteiger partial charge in [0.25, 0.3) is 5.91 Å². The van der Waals surface area contributed by atoms with E-state index in [1.54, 1.807) is 4.90 Å². The van der Waals surface area contributed by atoms with Crippen LogP contribution in [0.5, 0.6) is 0 Å². The number of carbonyl (C=O) groups is 1. The molecule has 2 heterocycles. The Morgan fingerprint density at radius 1 is 1.18 bits per heavy atom. The zero-order valence-corrected chi connectivity index (χ0v) is 17.0. The van der Waals surface area contributed by atoms with Crippen LogP contribution >= 0.6 is 0 Å². The first-order valence-electron chi connectivity index (χ1n) is 9.81. The van der Waals surface area contributed by atoms with Crippen molar-refractivity contribution in [2.45, 2.75) is 53.0 Å². The van der Waals surface area contributed by atoms with Gasteiger partial charge in [-0.2, -0.15) is 5.10 Å². The molecule has 3 aromatic rings. The molecule has 1 aliphatic carbocycles. The van der Waals surface area contributed by atoms with E-state index in [1.165, 1.54) is 0 Å². The van der Waals surface area contributed by atoms with E-state index in [9.17, 15) is 4.79 Å². The van der Waals surface area contributed by atoms with Crippen molar-refractivity contribution >= 4 is 5.91 Å². The first-order valence-corrected chi connectivity index (χ1v) is 9.81. The zero-order chi connectivity index (χ0) is 19.8. The fourth-order valence-corrected chi connectivity index (χ4v) is 3.98. The molecule has 1 aliphatic rings. The highest BCUT2D eigenvalue weighted by Crippen LogP contribution is 2.26. The quantitative estimate of drug-likeness (QED) is 0.690. The summed E-state index contributed by atoms with van der Waals surface area (Å²) in [6.45, 7) is 6.61. The van der Waals surface area contributed by atoms with Crippen molar-refractivity contribution in [3.05, 3.63) is 63.8 Å². The minimum Gasteiger partial charge on any atom is -0.350 e. The van der Waals surface area contributed by atoms with E-state index < -0.39 is 0 Å². The van der Waals surface area contributed by atoms with Crippen LogP contribution in [0.2, 0.25) is 0 Å². The van der Waals surface area contributed by atoms with Crippen LogP contribution in [0.15, 0.2) is 28.8 Å². The van der Waals surface area contributed by atoms with Gasteiger partial charge in [0, 0.05) is 30.4 Å². The second-order valence-electron chi connectivity index (χ2n) is 7.65. The molecule has 0 fully saturated rings. The average molecular weight is 378 g/mol. The summed E-state index contributed by atoms with van der Waals surface area (Å²) < 4.78 is 7.39. The second kappa shape index (κ2) is 7.26. The van der Waals surface area contributed by atoms with Crippen LogP contribution in [0.4, 0.5) is 0 Å². The molecule has 0 saturated carbocycles. The average Bonchev–Trinajstić information content (AvgIpc) is 3.24. The van der Waals surface area contributed by atoms with Crippen LogP contribution in [0, 0.1) is 20.8 Å². The molecule has 1 aromatic carbocycles. The SMILES string of the molecule is Cc1ccccc1-n1nc(C)c(CN(C)C(=O)c2onc3c2CCCC3)c1C. The molecule has 0 aliphatic heterocycles. The van der Waals surface area contributed by atoms with Crippen molar-refractivity contribution < 1.29 is 9.32 Å². The van der Waals surface area contributed by atoms with E-state index in [4.69, 9.17) is 9.62 Å². The summed E-state index contributed by atoms with van der Waals surface area (Å²) in [5.74, 6) is 0.289. The molecule has 0 spiro atoms. The largest absolute Gasteiger partial charge is 0.350 e. The lowest BCUT2D eigenvalue weighted by Gasteiger charge is -2.17. The normalized spacial score (nSPS) is 13.4. The lowest BCUT2D eigenvalue weighted by Crippen LogP contribution is -2.27. The number of benzene rings is 1. The first kappa shape index (κ1) is 18.5. The Hall–Kier alpha value is -2.89. The highest BCUT2D eigenvalue weighted by molar-refractivity contribution is 5.93. The summed E-state index contributed by atoms with van der Waals surface area (Å²) in [5, 5.41) is 8.85. The van der Waals surface area contributed by atoms with Gasteiger partial charge >= 0.3 is 0 Å². The summed E-state index contributed by atoms with van der Waals surface area (Å²) in [7, 11) is 1.81. The summed E-state index contributed by atoms with van der Waals surface area (Å²) in [6, 6.07) is 8.18. The van der Waals surface area contributed by atoms with Gasteiger partial charge < -0.3 is 9.42 Å². The number of hydrogen-bond acceptors (Lipinski definition) is 4. The smallest absolute Gasteiger partial charge is 0.292 e. The monoisotopic (exact) mass is 378 g/mol. The third kappa shape index (κ3) is 3.13. The van der Waals surface area contributed by atoms with Crippen molar-refractivity contribution in [2.75, 3.05) is 7.05 Å². The lowest BCUT2D eigenvalue weighted by molar-refractivity contribution is 0.0741.